The molecule has 2 N–H and O–H groups in total. The van der Waals surface area contributed by atoms with Crippen molar-refractivity contribution in [2.24, 2.45) is 0 Å². The Labute approximate surface area is 113 Å². The van der Waals surface area contributed by atoms with Crippen molar-refractivity contribution < 1.29 is 0 Å². The smallest absolute Gasteiger partial charge is 0.164 e. The number of benzene rings is 1. The van der Waals surface area contributed by atoms with Crippen LogP contribution >= 0.6 is 0 Å². The van der Waals surface area contributed by atoms with E-state index in [9.17, 15) is 0 Å². The third-order valence-electron chi connectivity index (χ3n) is 4.09. The minimum absolute atomic E-state index is 0.549. The monoisotopic (exact) mass is 256 g/mol. The third kappa shape index (κ3) is 2.11. The van der Waals surface area contributed by atoms with Crippen molar-refractivity contribution >= 4 is 5.69 Å². The van der Waals surface area contributed by atoms with Gasteiger partial charge in [0.1, 0.15) is 5.82 Å². The molecule has 4 nitrogen and oxygen atoms in total. The minimum atomic E-state index is 0.549. The van der Waals surface area contributed by atoms with E-state index in [0.717, 1.165) is 28.5 Å². The molecule has 0 bridgehead atoms. The molecule has 0 aliphatic heterocycles. The largest absolute Gasteiger partial charge is 0.398 e. The van der Waals surface area contributed by atoms with Gasteiger partial charge in [-0.25, -0.2) is 0 Å². The highest BCUT2D eigenvalue weighted by atomic mass is 15.3. The van der Waals surface area contributed by atoms with E-state index in [-0.39, 0.29) is 0 Å². The molecule has 3 rings (SSSR count). The van der Waals surface area contributed by atoms with Crippen LogP contribution in [0.2, 0.25) is 0 Å². The highest BCUT2D eigenvalue weighted by Gasteiger charge is 2.23. The highest BCUT2D eigenvalue weighted by Crippen LogP contribution is 2.34. The molecule has 0 atom stereocenters. The summed E-state index contributed by atoms with van der Waals surface area (Å²) in [7, 11) is 0. The van der Waals surface area contributed by atoms with Crippen LogP contribution in [0.15, 0.2) is 18.2 Å². The molecule has 0 amide bonds. The molecule has 0 spiro atoms. The molecule has 1 heterocycles. The van der Waals surface area contributed by atoms with Crippen molar-refractivity contribution in [1.29, 1.82) is 0 Å². The molecular formula is C15H20N4. The predicted octanol–water partition coefficient (Wildman–Crippen LogP) is 3.26. The lowest BCUT2D eigenvalue weighted by Gasteiger charge is -2.16. The Hall–Kier alpha value is -1.84. The van der Waals surface area contributed by atoms with Crippen molar-refractivity contribution in [2.45, 2.75) is 45.6 Å². The summed E-state index contributed by atoms with van der Waals surface area (Å²) in [6.07, 6.45) is 5.07. The predicted molar refractivity (Wildman–Crippen MR) is 76.8 cm³/mol. The van der Waals surface area contributed by atoms with Gasteiger partial charge in [-0.3, -0.25) is 0 Å². The first-order chi connectivity index (χ1) is 9.16. The van der Waals surface area contributed by atoms with Crippen molar-refractivity contribution in [2.75, 3.05) is 5.73 Å². The number of rotatable bonds is 2. The van der Waals surface area contributed by atoms with Gasteiger partial charge in [0.05, 0.1) is 0 Å². The van der Waals surface area contributed by atoms with Gasteiger partial charge in [0.2, 0.25) is 0 Å². The quantitative estimate of drug-likeness (QED) is 0.839. The Morgan fingerprint density at radius 1 is 1.16 bits per heavy atom. The summed E-state index contributed by atoms with van der Waals surface area (Å²) < 4.78 is 2.29. The zero-order valence-corrected chi connectivity index (χ0v) is 11.6. The molecule has 100 valence electrons. The maximum absolute atomic E-state index is 6.01. The van der Waals surface area contributed by atoms with Crippen LogP contribution in [0.3, 0.4) is 0 Å². The molecule has 1 aromatic carbocycles. The van der Waals surface area contributed by atoms with Gasteiger partial charge >= 0.3 is 0 Å². The van der Waals surface area contributed by atoms with Crippen molar-refractivity contribution in [3.8, 4) is 11.4 Å². The maximum atomic E-state index is 6.01. The van der Waals surface area contributed by atoms with E-state index in [1.54, 1.807) is 0 Å². The average Bonchev–Trinajstić information content (AvgIpc) is 3.01. The first kappa shape index (κ1) is 12.2. The van der Waals surface area contributed by atoms with Crippen LogP contribution in [0.25, 0.3) is 11.4 Å². The van der Waals surface area contributed by atoms with Crippen molar-refractivity contribution in [3.63, 3.8) is 0 Å². The summed E-state index contributed by atoms with van der Waals surface area (Å²) in [4.78, 5) is 0. The lowest BCUT2D eigenvalue weighted by Crippen LogP contribution is -2.08. The summed E-state index contributed by atoms with van der Waals surface area (Å²) in [6.45, 7) is 4.05. The molecule has 1 aromatic heterocycles. The highest BCUT2D eigenvalue weighted by molar-refractivity contribution is 5.64. The summed E-state index contributed by atoms with van der Waals surface area (Å²) in [5, 5.41) is 8.62. The lowest BCUT2D eigenvalue weighted by atomic mass is 10.1. The molecule has 0 radical (unpaired) electrons. The summed E-state index contributed by atoms with van der Waals surface area (Å²) in [5.41, 5.74) is 9.00. The molecule has 1 aliphatic rings. The number of nitrogen functional groups attached to an aromatic ring is 1. The van der Waals surface area contributed by atoms with Gasteiger partial charge in [-0.2, -0.15) is 0 Å². The Bertz CT molecular complexity index is 594. The van der Waals surface area contributed by atoms with E-state index in [0.29, 0.717) is 6.04 Å². The van der Waals surface area contributed by atoms with Crippen LogP contribution in [-0.2, 0) is 0 Å². The average molecular weight is 256 g/mol. The molecule has 0 unspecified atom stereocenters. The Morgan fingerprint density at radius 2 is 1.89 bits per heavy atom. The van der Waals surface area contributed by atoms with E-state index >= 15 is 0 Å². The second-order valence-corrected chi connectivity index (χ2v) is 5.45. The number of hydrogen-bond acceptors (Lipinski definition) is 3. The lowest BCUT2D eigenvalue weighted by molar-refractivity contribution is 0.510. The number of nitrogens with two attached hydrogens (primary N) is 1. The van der Waals surface area contributed by atoms with Crippen LogP contribution in [-0.4, -0.2) is 14.8 Å². The number of hydrogen-bond donors (Lipinski definition) is 1. The van der Waals surface area contributed by atoms with Crippen molar-refractivity contribution in [3.05, 3.63) is 29.6 Å². The topological polar surface area (TPSA) is 56.7 Å². The van der Waals surface area contributed by atoms with Crippen molar-refractivity contribution in [1.82, 2.24) is 14.8 Å². The van der Waals surface area contributed by atoms with Crippen LogP contribution in [0.1, 0.15) is 43.1 Å². The first-order valence-electron chi connectivity index (χ1n) is 6.95. The second kappa shape index (κ2) is 4.68. The standard InChI is InChI=1S/C15H20N4/c1-10-7-8-12(9-14(10)16)15-18-17-11(2)19(15)13-5-3-4-6-13/h7-9,13H,3-6,16H2,1-2H3. The molecule has 1 saturated carbocycles. The summed E-state index contributed by atoms with van der Waals surface area (Å²) in [6, 6.07) is 6.69. The number of nitrogens with zero attached hydrogens (tertiary/aromatic N) is 3. The normalized spacial score (nSPS) is 16.1. The minimum Gasteiger partial charge on any atom is -0.398 e. The second-order valence-electron chi connectivity index (χ2n) is 5.45. The fourth-order valence-electron chi connectivity index (χ4n) is 2.95. The van der Waals surface area contributed by atoms with E-state index in [1.807, 2.05) is 26.0 Å². The molecule has 1 aliphatic carbocycles. The van der Waals surface area contributed by atoms with Gasteiger partial charge < -0.3 is 10.3 Å². The molecule has 19 heavy (non-hydrogen) atoms. The number of aryl methyl sites for hydroxylation is 2. The van der Waals surface area contributed by atoms with Gasteiger partial charge in [0.15, 0.2) is 5.82 Å². The maximum Gasteiger partial charge on any atom is 0.164 e. The third-order valence-corrected chi connectivity index (χ3v) is 4.09. The van der Waals surface area contributed by atoms with Gasteiger partial charge in [0, 0.05) is 17.3 Å². The van der Waals surface area contributed by atoms with E-state index < -0.39 is 0 Å². The molecule has 2 aromatic rings. The number of aromatic nitrogens is 3. The van der Waals surface area contributed by atoms with Gasteiger partial charge in [-0.15, -0.1) is 10.2 Å². The first-order valence-corrected chi connectivity index (χ1v) is 6.95. The Balaban J connectivity index is 2.07. The van der Waals surface area contributed by atoms with Crippen LogP contribution in [0.4, 0.5) is 5.69 Å². The zero-order chi connectivity index (χ0) is 13.4. The fraction of sp³-hybridized carbons (Fsp3) is 0.467. The van der Waals surface area contributed by atoms with Gasteiger partial charge in [0.25, 0.3) is 0 Å². The zero-order valence-electron chi connectivity index (χ0n) is 11.6. The van der Waals surface area contributed by atoms with E-state index in [4.69, 9.17) is 5.73 Å². The molecule has 4 heteroatoms. The fourth-order valence-corrected chi connectivity index (χ4v) is 2.95. The van der Waals surface area contributed by atoms with E-state index in [2.05, 4.69) is 20.8 Å². The summed E-state index contributed by atoms with van der Waals surface area (Å²) in [5.74, 6) is 1.96. The Kier molecular flexibility index (Phi) is 3.01. The van der Waals surface area contributed by atoms with Crippen LogP contribution in [0.5, 0.6) is 0 Å². The van der Waals surface area contributed by atoms with Gasteiger partial charge in [-0.05, 0) is 38.3 Å². The summed E-state index contributed by atoms with van der Waals surface area (Å²) >= 11 is 0. The van der Waals surface area contributed by atoms with E-state index in [1.165, 1.54) is 25.7 Å². The molecular weight excluding hydrogens is 236 g/mol. The number of anilines is 1. The van der Waals surface area contributed by atoms with Gasteiger partial charge in [-0.1, -0.05) is 25.0 Å². The Morgan fingerprint density at radius 3 is 2.58 bits per heavy atom. The van der Waals surface area contributed by atoms with Crippen LogP contribution < -0.4 is 5.73 Å². The molecule has 1 fully saturated rings. The SMILES string of the molecule is Cc1ccc(-c2nnc(C)n2C2CCCC2)cc1N. The van der Waals surface area contributed by atoms with Crippen LogP contribution in [0, 0.1) is 13.8 Å². The molecule has 0 saturated heterocycles.